The number of aryl methyl sites for hydroxylation is 2. The highest BCUT2D eigenvalue weighted by Crippen LogP contribution is 2.36. The second kappa shape index (κ2) is 7.19. The smallest absolute Gasteiger partial charge is 0.256 e. The highest BCUT2D eigenvalue weighted by atomic mass is 32.1. The van der Waals surface area contributed by atoms with Gasteiger partial charge in [-0.3, -0.25) is 9.59 Å². The number of H-pyrrole nitrogens is 1. The molecule has 3 rings (SSSR count). The molecular formula is C19H21N3O2S. The van der Waals surface area contributed by atoms with Crippen molar-refractivity contribution in [1.82, 2.24) is 10.3 Å². The number of hydrogen-bond donors (Lipinski definition) is 4. The van der Waals surface area contributed by atoms with Gasteiger partial charge in [0.1, 0.15) is 0 Å². The zero-order chi connectivity index (χ0) is 18.0. The molecule has 2 amide bonds. The van der Waals surface area contributed by atoms with E-state index in [1.807, 2.05) is 32.1 Å². The van der Waals surface area contributed by atoms with Crippen molar-refractivity contribution < 1.29 is 9.59 Å². The first-order valence-electron chi connectivity index (χ1n) is 8.23. The molecule has 0 atom stereocenters. The molecule has 0 radical (unpaired) electrons. The van der Waals surface area contributed by atoms with Crippen molar-refractivity contribution >= 4 is 41.8 Å². The maximum atomic E-state index is 12.5. The minimum absolute atomic E-state index is 0.180. The summed E-state index contributed by atoms with van der Waals surface area (Å²) in [5.74, 6) is 0.335. The zero-order valence-electron chi connectivity index (χ0n) is 14.3. The predicted octanol–water partition coefficient (Wildman–Crippen LogP) is 3.17. The van der Waals surface area contributed by atoms with Gasteiger partial charge in [0.15, 0.2) is 0 Å². The zero-order valence-corrected chi connectivity index (χ0v) is 15.2. The summed E-state index contributed by atoms with van der Waals surface area (Å²) in [7, 11) is 0. The van der Waals surface area contributed by atoms with Crippen molar-refractivity contribution in [2.24, 2.45) is 0 Å². The van der Waals surface area contributed by atoms with E-state index in [1.165, 1.54) is 0 Å². The number of carbonyl (C=O) groups excluding carboxylic acids is 2. The second-order valence-corrected chi connectivity index (χ2v) is 6.57. The van der Waals surface area contributed by atoms with E-state index in [2.05, 4.69) is 28.2 Å². The Bertz CT molecular complexity index is 868. The Balaban J connectivity index is 2.02. The maximum Gasteiger partial charge on any atom is 0.256 e. The number of thiol groups is 1. The summed E-state index contributed by atoms with van der Waals surface area (Å²) in [4.78, 5) is 28.2. The fraction of sp³-hybridized carbons (Fsp3) is 0.263. The molecule has 1 aromatic carbocycles. The molecule has 1 aromatic heterocycles. The van der Waals surface area contributed by atoms with E-state index in [9.17, 15) is 9.59 Å². The number of carbonyl (C=O) groups is 2. The summed E-state index contributed by atoms with van der Waals surface area (Å²) in [6.45, 7) is 4.51. The van der Waals surface area contributed by atoms with Gasteiger partial charge in [-0.1, -0.05) is 6.07 Å². The Kier molecular flexibility index (Phi) is 4.99. The lowest BCUT2D eigenvalue weighted by Gasteiger charge is -2.09. The number of anilines is 1. The summed E-state index contributed by atoms with van der Waals surface area (Å²) >= 11 is 4.15. The van der Waals surface area contributed by atoms with E-state index in [4.69, 9.17) is 0 Å². The number of aromatic nitrogens is 1. The van der Waals surface area contributed by atoms with Crippen molar-refractivity contribution in [3.63, 3.8) is 0 Å². The molecule has 0 spiro atoms. The summed E-state index contributed by atoms with van der Waals surface area (Å²) in [6.07, 6.45) is 2.61. The molecule has 0 aliphatic carbocycles. The number of rotatable bonds is 5. The summed E-state index contributed by atoms with van der Waals surface area (Å²) < 4.78 is 0. The average molecular weight is 355 g/mol. The van der Waals surface area contributed by atoms with Crippen LogP contribution in [0.5, 0.6) is 0 Å². The number of nitrogens with one attached hydrogen (secondary N) is 3. The molecule has 1 aliphatic rings. The van der Waals surface area contributed by atoms with Crippen LogP contribution in [-0.4, -0.2) is 29.1 Å². The molecule has 0 saturated carbocycles. The lowest BCUT2D eigenvalue weighted by Crippen LogP contribution is -2.25. The Morgan fingerprint density at radius 1 is 1.32 bits per heavy atom. The van der Waals surface area contributed by atoms with Crippen molar-refractivity contribution in [2.45, 2.75) is 20.3 Å². The van der Waals surface area contributed by atoms with Crippen molar-refractivity contribution in [3.05, 3.63) is 52.3 Å². The minimum atomic E-state index is -0.197. The van der Waals surface area contributed by atoms with Crippen LogP contribution < -0.4 is 10.6 Å². The molecule has 6 heteroatoms. The molecule has 25 heavy (non-hydrogen) atoms. The van der Waals surface area contributed by atoms with Crippen LogP contribution in [0, 0.1) is 13.8 Å². The lowest BCUT2D eigenvalue weighted by atomic mass is 9.98. The maximum absolute atomic E-state index is 12.5. The van der Waals surface area contributed by atoms with E-state index in [0.717, 1.165) is 23.4 Å². The predicted molar refractivity (Wildman–Crippen MR) is 104 cm³/mol. The van der Waals surface area contributed by atoms with Crippen LogP contribution in [0.3, 0.4) is 0 Å². The standard InChI is InChI=1S/C19H21N3O2S/c1-11-9-12(2)21-16(11)10-14-17-13(18(23)20-7-4-8-25)5-3-6-15(17)22-19(14)24/h3,5-6,9-10,21,25H,4,7-8H2,1-2H3,(H,20,23)(H,22,24)/b14-10-. The molecule has 3 N–H and O–H groups in total. The van der Waals surface area contributed by atoms with Gasteiger partial charge in [-0.25, -0.2) is 0 Å². The number of hydrogen-bond acceptors (Lipinski definition) is 3. The van der Waals surface area contributed by atoms with Gasteiger partial charge in [-0.05, 0) is 55.9 Å². The van der Waals surface area contributed by atoms with Crippen LogP contribution in [-0.2, 0) is 4.79 Å². The number of benzene rings is 1. The number of fused-ring (bicyclic) bond motifs is 1. The Hall–Kier alpha value is -2.47. The van der Waals surface area contributed by atoms with Gasteiger partial charge in [0.25, 0.3) is 11.8 Å². The third-order valence-electron chi connectivity index (χ3n) is 4.17. The van der Waals surface area contributed by atoms with E-state index in [-0.39, 0.29) is 11.8 Å². The van der Waals surface area contributed by atoms with Gasteiger partial charge >= 0.3 is 0 Å². The second-order valence-electron chi connectivity index (χ2n) is 6.12. The van der Waals surface area contributed by atoms with Crippen LogP contribution in [0.25, 0.3) is 11.6 Å². The summed E-state index contributed by atoms with van der Waals surface area (Å²) in [5.41, 5.74) is 5.28. The van der Waals surface area contributed by atoms with Gasteiger partial charge < -0.3 is 15.6 Å². The first-order valence-corrected chi connectivity index (χ1v) is 8.86. The van der Waals surface area contributed by atoms with Crippen LogP contribution in [0.2, 0.25) is 0 Å². The molecule has 0 bridgehead atoms. The first-order chi connectivity index (χ1) is 12.0. The van der Waals surface area contributed by atoms with Crippen molar-refractivity contribution in [1.29, 1.82) is 0 Å². The molecule has 5 nitrogen and oxygen atoms in total. The molecule has 0 saturated heterocycles. The average Bonchev–Trinajstić information content (AvgIpc) is 3.06. The van der Waals surface area contributed by atoms with Gasteiger partial charge in [-0.2, -0.15) is 12.6 Å². The molecule has 130 valence electrons. The highest BCUT2D eigenvalue weighted by Gasteiger charge is 2.29. The number of amides is 2. The van der Waals surface area contributed by atoms with Crippen LogP contribution in [0.4, 0.5) is 5.69 Å². The van der Waals surface area contributed by atoms with E-state index in [1.54, 1.807) is 12.1 Å². The van der Waals surface area contributed by atoms with Crippen molar-refractivity contribution in [3.8, 4) is 0 Å². The lowest BCUT2D eigenvalue weighted by molar-refractivity contribution is -0.110. The molecule has 2 aromatic rings. The molecule has 1 aliphatic heterocycles. The topological polar surface area (TPSA) is 74.0 Å². The van der Waals surface area contributed by atoms with E-state index < -0.39 is 0 Å². The van der Waals surface area contributed by atoms with Crippen LogP contribution in [0.1, 0.15) is 39.3 Å². The normalized spacial score (nSPS) is 14.5. The Morgan fingerprint density at radius 3 is 2.80 bits per heavy atom. The molecular weight excluding hydrogens is 334 g/mol. The SMILES string of the molecule is Cc1cc(C)c(/C=C2\C(=O)Nc3cccc(C(=O)NCCCS)c32)[nH]1. The fourth-order valence-electron chi connectivity index (χ4n) is 3.00. The quantitative estimate of drug-likeness (QED) is 0.378. The molecule has 2 heterocycles. The summed E-state index contributed by atoms with van der Waals surface area (Å²) in [5, 5.41) is 5.73. The largest absolute Gasteiger partial charge is 0.359 e. The van der Waals surface area contributed by atoms with Gasteiger partial charge in [0, 0.05) is 34.7 Å². The third-order valence-corrected chi connectivity index (χ3v) is 4.49. The van der Waals surface area contributed by atoms with E-state index >= 15 is 0 Å². The van der Waals surface area contributed by atoms with Crippen LogP contribution >= 0.6 is 12.6 Å². The molecule has 0 fully saturated rings. The third kappa shape index (κ3) is 3.49. The Labute approximate surface area is 152 Å². The van der Waals surface area contributed by atoms with E-state index in [0.29, 0.717) is 34.7 Å². The summed E-state index contributed by atoms with van der Waals surface area (Å²) in [6, 6.07) is 7.36. The van der Waals surface area contributed by atoms with Crippen LogP contribution in [0.15, 0.2) is 24.3 Å². The molecule has 0 unspecified atom stereocenters. The fourth-order valence-corrected chi connectivity index (χ4v) is 3.15. The first kappa shape index (κ1) is 17.4. The van der Waals surface area contributed by atoms with Gasteiger partial charge in [-0.15, -0.1) is 0 Å². The van der Waals surface area contributed by atoms with Gasteiger partial charge in [0.05, 0.1) is 5.57 Å². The monoisotopic (exact) mass is 355 g/mol. The van der Waals surface area contributed by atoms with Crippen molar-refractivity contribution in [2.75, 3.05) is 17.6 Å². The minimum Gasteiger partial charge on any atom is -0.359 e. The Morgan fingerprint density at radius 2 is 2.12 bits per heavy atom. The van der Waals surface area contributed by atoms with Gasteiger partial charge in [0.2, 0.25) is 0 Å². The number of aromatic amines is 1. The highest BCUT2D eigenvalue weighted by molar-refractivity contribution is 7.80.